The van der Waals surface area contributed by atoms with Crippen LogP contribution in [0.3, 0.4) is 0 Å². The third-order valence-electron chi connectivity index (χ3n) is 3.96. The van der Waals surface area contributed by atoms with Crippen molar-refractivity contribution in [2.45, 2.75) is 50.9 Å². The van der Waals surface area contributed by atoms with Crippen molar-refractivity contribution in [3.63, 3.8) is 0 Å². The number of aromatic nitrogens is 2. The van der Waals surface area contributed by atoms with E-state index in [1.54, 1.807) is 7.11 Å². The molecule has 108 valence electrons. The van der Waals surface area contributed by atoms with Gasteiger partial charge in [0.2, 0.25) is 5.89 Å². The van der Waals surface area contributed by atoms with Crippen LogP contribution in [0.15, 0.2) is 4.52 Å². The molecule has 1 aromatic heterocycles. The Hall–Kier alpha value is -0.940. The molecule has 1 aliphatic rings. The molecule has 0 aromatic carbocycles. The van der Waals surface area contributed by atoms with Gasteiger partial charge in [0, 0.05) is 20.1 Å². The van der Waals surface area contributed by atoms with E-state index in [0.717, 1.165) is 69.9 Å². The largest absolute Gasteiger partial charge is 0.385 e. The zero-order valence-electron chi connectivity index (χ0n) is 12.1. The summed E-state index contributed by atoms with van der Waals surface area (Å²) in [5.41, 5.74) is 0.104. The molecule has 1 saturated heterocycles. The number of aryl methyl sites for hydroxylation is 1. The first-order chi connectivity index (χ1) is 9.30. The lowest BCUT2D eigenvalue weighted by Gasteiger charge is -2.34. The molecule has 2 rings (SSSR count). The average molecular weight is 267 g/mol. The van der Waals surface area contributed by atoms with E-state index in [2.05, 4.69) is 22.4 Å². The van der Waals surface area contributed by atoms with E-state index in [9.17, 15) is 0 Å². The molecule has 1 N–H and O–H groups in total. The highest BCUT2D eigenvalue weighted by Gasteiger charge is 2.38. The minimum atomic E-state index is 0.104. The van der Waals surface area contributed by atoms with Gasteiger partial charge in [0.15, 0.2) is 5.82 Å². The van der Waals surface area contributed by atoms with Gasteiger partial charge in [-0.15, -0.1) is 0 Å². The first-order valence-electron chi connectivity index (χ1n) is 7.33. The summed E-state index contributed by atoms with van der Waals surface area (Å²) in [5, 5.41) is 7.54. The molecule has 2 heterocycles. The highest BCUT2D eigenvalue weighted by molar-refractivity contribution is 5.07. The summed E-state index contributed by atoms with van der Waals surface area (Å²) < 4.78 is 10.6. The van der Waals surface area contributed by atoms with Crippen LogP contribution in [0.25, 0.3) is 0 Å². The molecule has 5 heteroatoms. The number of nitrogens with one attached hydrogen (secondary N) is 1. The van der Waals surface area contributed by atoms with Crippen LogP contribution >= 0.6 is 0 Å². The van der Waals surface area contributed by atoms with Crippen LogP contribution in [0.1, 0.15) is 50.7 Å². The van der Waals surface area contributed by atoms with Gasteiger partial charge in [-0.1, -0.05) is 18.5 Å². The average Bonchev–Trinajstić information content (AvgIpc) is 2.90. The first-order valence-corrected chi connectivity index (χ1v) is 7.33. The van der Waals surface area contributed by atoms with E-state index in [1.807, 2.05) is 0 Å². The van der Waals surface area contributed by atoms with Crippen molar-refractivity contribution in [1.29, 1.82) is 0 Å². The smallest absolute Gasteiger partial charge is 0.232 e. The van der Waals surface area contributed by atoms with Crippen LogP contribution < -0.4 is 5.32 Å². The van der Waals surface area contributed by atoms with Crippen molar-refractivity contribution in [3.8, 4) is 0 Å². The lowest BCUT2D eigenvalue weighted by atomic mass is 9.75. The lowest BCUT2D eigenvalue weighted by molar-refractivity contribution is 0.194. The molecule has 5 nitrogen and oxygen atoms in total. The Morgan fingerprint density at radius 1 is 1.37 bits per heavy atom. The second kappa shape index (κ2) is 7.01. The lowest BCUT2D eigenvalue weighted by Crippen LogP contribution is -2.40. The molecular weight excluding hydrogens is 242 g/mol. The number of ether oxygens (including phenoxy) is 1. The van der Waals surface area contributed by atoms with Crippen molar-refractivity contribution >= 4 is 0 Å². The van der Waals surface area contributed by atoms with Gasteiger partial charge in [-0.3, -0.25) is 0 Å². The minimum absolute atomic E-state index is 0.104. The summed E-state index contributed by atoms with van der Waals surface area (Å²) in [6, 6.07) is 0. The zero-order chi connectivity index (χ0) is 13.6. The van der Waals surface area contributed by atoms with E-state index >= 15 is 0 Å². The third-order valence-corrected chi connectivity index (χ3v) is 3.96. The van der Waals surface area contributed by atoms with Gasteiger partial charge in [0.1, 0.15) is 0 Å². The molecule has 0 saturated carbocycles. The van der Waals surface area contributed by atoms with Crippen LogP contribution in [-0.2, 0) is 16.6 Å². The Kier molecular flexibility index (Phi) is 5.34. The summed E-state index contributed by atoms with van der Waals surface area (Å²) in [6.45, 7) is 5.05. The summed E-state index contributed by atoms with van der Waals surface area (Å²) in [6.07, 6.45) is 6.26. The van der Waals surface area contributed by atoms with Crippen LogP contribution in [0.4, 0.5) is 0 Å². The van der Waals surface area contributed by atoms with E-state index < -0.39 is 0 Å². The van der Waals surface area contributed by atoms with E-state index in [0.29, 0.717) is 0 Å². The number of nitrogens with zero attached hydrogens (tertiary/aromatic N) is 2. The minimum Gasteiger partial charge on any atom is -0.385 e. The third kappa shape index (κ3) is 3.54. The number of methoxy groups -OCH3 is 1. The van der Waals surface area contributed by atoms with E-state index in [1.165, 1.54) is 0 Å². The number of piperidine rings is 1. The van der Waals surface area contributed by atoms with Crippen molar-refractivity contribution in [3.05, 3.63) is 11.7 Å². The predicted molar refractivity (Wildman–Crippen MR) is 73.2 cm³/mol. The molecule has 1 fully saturated rings. The summed E-state index contributed by atoms with van der Waals surface area (Å²) >= 11 is 0. The molecule has 19 heavy (non-hydrogen) atoms. The van der Waals surface area contributed by atoms with Crippen LogP contribution in [0.2, 0.25) is 0 Å². The quantitative estimate of drug-likeness (QED) is 0.766. The van der Waals surface area contributed by atoms with Crippen molar-refractivity contribution < 1.29 is 9.26 Å². The molecule has 1 aromatic rings. The SMILES string of the molecule is CCCC1(c2nc(CCCOC)no2)CCNCC1. The van der Waals surface area contributed by atoms with Crippen LogP contribution in [0, 0.1) is 0 Å². The Morgan fingerprint density at radius 3 is 2.84 bits per heavy atom. The number of hydrogen-bond donors (Lipinski definition) is 1. The Bertz CT molecular complexity index is 367. The normalized spacial score (nSPS) is 18.6. The standard InChI is InChI=1S/C14H25N3O2/c1-3-6-14(7-9-15-10-8-14)13-16-12(17-19-13)5-4-11-18-2/h15H,3-11H2,1-2H3. The van der Waals surface area contributed by atoms with Gasteiger partial charge in [-0.25, -0.2) is 0 Å². The van der Waals surface area contributed by atoms with Crippen molar-refractivity contribution in [2.75, 3.05) is 26.8 Å². The molecule has 0 atom stereocenters. The summed E-state index contributed by atoms with van der Waals surface area (Å²) in [5.74, 6) is 1.67. The van der Waals surface area contributed by atoms with Gasteiger partial charge in [-0.2, -0.15) is 4.98 Å². The molecule has 0 spiro atoms. The van der Waals surface area contributed by atoms with Gasteiger partial charge in [0.25, 0.3) is 0 Å². The zero-order valence-corrected chi connectivity index (χ0v) is 12.1. The van der Waals surface area contributed by atoms with Crippen molar-refractivity contribution in [2.24, 2.45) is 0 Å². The summed E-state index contributed by atoms with van der Waals surface area (Å²) in [4.78, 5) is 4.64. The highest BCUT2D eigenvalue weighted by Crippen LogP contribution is 2.36. The Balaban J connectivity index is 2.04. The maximum Gasteiger partial charge on any atom is 0.232 e. The van der Waals surface area contributed by atoms with Gasteiger partial charge >= 0.3 is 0 Å². The van der Waals surface area contributed by atoms with Gasteiger partial charge < -0.3 is 14.6 Å². The van der Waals surface area contributed by atoms with Gasteiger partial charge in [-0.05, 0) is 38.8 Å². The fourth-order valence-electron chi connectivity index (χ4n) is 2.90. The molecule has 0 unspecified atom stereocenters. The van der Waals surface area contributed by atoms with E-state index in [4.69, 9.17) is 9.26 Å². The van der Waals surface area contributed by atoms with Crippen LogP contribution in [-0.4, -0.2) is 36.9 Å². The number of hydrogen-bond acceptors (Lipinski definition) is 5. The maximum atomic E-state index is 5.56. The van der Waals surface area contributed by atoms with E-state index in [-0.39, 0.29) is 5.41 Å². The molecule has 0 radical (unpaired) electrons. The molecule has 0 aliphatic carbocycles. The molecule has 1 aliphatic heterocycles. The van der Waals surface area contributed by atoms with Crippen LogP contribution in [0.5, 0.6) is 0 Å². The Morgan fingerprint density at radius 2 is 2.16 bits per heavy atom. The second-order valence-electron chi connectivity index (χ2n) is 5.39. The fraction of sp³-hybridized carbons (Fsp3) is 0.857. The first kappa shape index (κ1) is 14.5. The Labute approximate surface area is 115 Å². The molecule has 0 amide bonds. The second-order valence-corrected chi connectivity index (χ2v) is 5.39. The molecule has 0 bridgehead atoms. The molecular formula is C14H25N3O2. The highest BCUT2D eigenvalue weighted by atomic mass is 16.5. The summed E-state index contributed by atoms with van der Waals surface area (Å²) in [7, 11) is 1.72. The topological polar surface area (TPSA) is 60.2 Å². The maximum absolute atomic E-state index is 5.56. The monoisotopic (exact) mass is 267 g/mol. The predicted octanol–water partition coefficient (Wildman–Crippen LogP) is 2.07. The van der Waals surface area contributed by atoms with Crippen molar-refractivity contribution in [1.82, 2.24) is 15.5 Å². The number of rotatable bonds is 7. The van der Waals surface area contributed by atoms with Gasteiger partial charge in [0.05, 0.1) is 5.41 Å². The fourth-order valence-corrected chi connectivity index (χ4v) is 2.90.